The molecule has 2 nitrogen and oxygen atoms in total. The van der Waals surface area contributed by atoms with E-state index in [-0.39, 0.29) is 0 Å². The van der Waals surface area contributed by atoms with Crippen molar-refractivity contribution in [2.75, 3.05) is 18.0 Å². The van der Waals surface area contributed by atoms with Crippen LogP contribution < -0.4 is 10.2 Å². The Morgan fingerprint density at radius 2 is 1.95 bits per heavy atom. The van der Waals surface area contributed by atoms with Gasteiger partial charge in [-0.05, 0) is 48.8 Å². The number of hydrogen-bond acceptors (Lipinski definition) is 2. The number of nitrogens with one attached hydrogen (secondary N) is 1. The Morgan fingerprint density at radius 1 is 1.25 bits per heavy atom. The molecule has 0 spiro atoms. The van der Waals surface area contributed by atoms with Crippen molar-refractivity contribution < 1.29 is 0 Å². The minimum Gasteiger partial charge on any atom is -0.371 e. The molecular formula is C17H25BrN2. The van der Waals surface area contributed by atoms with E-state index in [4.69, 9.17) is 0 Å². The van der Waals surface area contributed by atoms with Gasteiger partial charge in [-0.15, -0.1) is 0 Å². The van der Waals surface area contributed by atoms with Crippen LogP contribution in [0.5, 0.6) is 0 Å². The summed E-state index contributed by atoms with van der Waals surface area (Å²) < 4.78 is 1.19. The van der Waals surface area contributed by atoms with Crippen LogP contribution in [-0.2, 0) is 6.54 Å². The van der Waals surface area contributed by atoms with Gasteiger partial charge in [0.1, 0.15) is 0 Å². The van der Waals surface area contributed by atoms with Crippen molar-refractivity contribution in [1.29, 1.82) is 0 Å². The summed E-state index contributed by atoms with van der Waals surface area (Å²) in [7, 11) is 0. The molecule has 3 rings (SSSR count). The third kappa shape index (κ3) is 3.56. The Hall–Kier alpha value is -0.540. The highest BCUT2D eigenvalue weighted by Crippen LogP contribution is 2.34. The molecule has 1 aliphatic heterocycles. The van der Waals surface area contributed by atoms with Crippen molar-refractivity contribution in [2.45, 2.75) is 52.1 Å². The van der Waals surface area contributed by atoms with Crippen molar-refractivity contribution in [1.82, 2.24) is 5.32 Å². The SMILES string of the molecule is CC1(C)CCN(c2cc(Br)ccc2CNC2CC2)CC1. The van der Waals surface area contributed by atoms with Crippen LogP contribution in [0, 0.1) is 5.41 Å². The molecule has 1 saturated carbocycles. The topological polar surface area (TPSA) is 15.3 Å². The molecule has 1 aliphatic carbocycles. The van der Waals surface area contributed by atoms with Crippen molar-refractivity contribution >= 4 is 21.6 Å². The molecule has 0 unspecified atom stereocenters. The third-order valence-electron chi connectivity index (χ3n) is 4.66. The maximum Gasteiger partial charge on any atom is 0.0423 e. The molecular weight excluding hydrogens is 312 g/mol. The fourth-order valence-corrected chi connectivity index (χ4v) is 3.22. The molecule has 1 saturated heterocycles. The minimum absolute atomic E-state index is 0.509. The van der Waals surface area contributed by atoms with E-state index in [2.05, 4.69) is 58.2 Å². The first kappa shape index (κ1) is 14.4. The maximum absolute atomic E-state index is 3.65. The second-order valence-corrected chi connectivity index (χ2v) is 8.00. The number of hydrogen-bond donors (Lipinski definition) is 1. The van der Waals surface area contributed by atoms with Gasteiger partial charge in [0.2, 0.25) is 0 Å². The summed E-state index contributed by atoms with van der Waals surface area (Å²) in [5, 5.41) is 3.65. The predicted octanol–water partition coefficient (Wildman–Crippen LogP) is 4.33. The van der Waals surface area contributed by atoms with Crippen LogP contribution in [0.2, 0.25) is 0 Å². The van der Waals surface area contributed by atoms with Gasteiger partial charge in [0, 0.05) is 35.8 Å². The largest absolute Gasteiger partial charge is 0.371 e. The summed E-state index contributed by atoms with van der Waals surface area (Å²) in [6.07, 6.45) is 5.28. The Labute approximate surface area is 131 Å². The Kier molecular flexibility index (Phi) is 4.09. The van der Waals surface area contributed by atoms with Gasteiger partial charge in [-0.2, -0.15) is 0 Å². The number of anilines is 1. The van der Waals surface area contributed by atoms with E-state index in [1.807, 2.05) is 0 Å². The van der Waals surface area contributed by atoms with Gasteiger partial charge in [0.05, 0.1) is 0 Å². The van der Waals surface area contributed by atoms with Gasteiger partial charge in [0.25, 0.3) is 0 Å². The van der Waals surface area contributed by atoms with E-state index in [0.29, 0.717) is 5.41 Å². The summed E-state index contributed by atoms with van der Waals surface area (Å²) in [5.41, 5.74) is 3.37. The standard InChI is InChI=1S/C17H25BrN2/c1-17(2)7-9-20(10-8-17)16-11-14(18)4-3-13(16)12-19-15-5-6-15/h3-4,11,15,19H,5-10,12H2,1-2H3. The molecule has 1 aromatic carbocycles. The Balaban J connectivity index is 1.74. The highest BCUT2D eigenvalue weighted by molar-refractivity contribution is 9.10. The van der Waals surface area contributed by atoms with Gasteiger partial charge in [-0.1, -0.05) is 35.8 Å². The van der Waals surface area contributed by atoms with E-state index >= 15 is 0 Å². The fourth-order valence-electron chi connectivity index (χ4n) is 2.88. The van der Waals surface area contributed by atoms with Gasteiger partial charge < -0.3 is 10.2 Å². The zero-order valence-corrected chi connectivity index (χ0v) is 14.2. The predicted molar refractivity (Wildman–Crippen MR) is 89.2 cm³/mol. The first-order valence-electron chi connectivity index (χ1n) is 7.80. The fraction of sp³-hybridized carbons (Fsp3) is 0.647. The summed E-state index contributed by atoms with van der Waals surface area (Å²) >= 11 is 3.63. The van der Waals surface area contributed by atoms with Crippen LogP contribution in [0.4, 0.5) is 5.69 Å². The molecule has 110 valence electrons. The van der Waals surface area contributed by atoms with Crippen LogP contribution in [0.3, 0.4) is 0 Å². The minimum atomic E-state index is 0.509. The van der Waals surface area contributed by atoms with E-state index in [1.165, 1.54) is 54.5 Å². The van der Waals surface area contributed by atoms with Crippen molar-refractivity contribution in [3.05, 3.63) is 28.2 Å². The first-order valence-corrected chi connectivity index (χ1v) is 8.60. The van der Waals surface area contributed by atoms with E-state index in [9.17, 15) is 0 Å². The number of rotatable bonds is 4. The smallest absolute Gasteiger partial charge is 0.0423 e. The van der Waals surface area contributed by atoms with E-state index < -0.39 is 0 Å². The average Bonchev–Trinajstić information content (AvgIpc) is 3.21. The maximum atomic E-state index is 3.65. The third-order valence-corrected chi connectivity index (χ3v) is 5.16. The van der Waals surface area contributed by atoms with Crippen LogP contribution >= 0.6 is 15.9 Å². The number of nitrogens with zero attached hydrogens (tertiary/aromatic N) is 1. The van der Waals surface area contributed by atoms with Crippen LogP contribution in [0.1, 0.15) is 45.1 Å². The molecule has 3 heteroatoms. The Bertz CT molecular complexity index is 470. The van der Waals surface area contributed by atoms with Gasteiger partial charge >= 0.3 is 0 Å². The molecule has 0 atom stereocenters. The molecule has 2 aliphatic rings. The highest BCUT2D eigenvalue weighted by atomic mass is 79.9. The van der Waals surface area contributed by atoms with E-state index in [0.717, 1.165) is 12.6 Å². The van der Waals surface area contributed by atoms with E-state index in [1.54, 1.807) is 0 Å². The number of halogens is 1. The van der Waals surface area contributed by atoms with Crippen LogP contribution in [0.25, 0.3) is 0 Å². The molecule has 0 amide bonds. The summed E-state index contributed by atoms with van der Waals surface area (Å²) in [6, 6.07) is 7.50. The molecule has 0 bridgehead atoms. The first-order chi connectivity index (χ1) is 9.53. The van der Waals surface area contributed by atoms with Crippen LogP contribution in [0.15, 0.2) is 22.7 Å². The summed E-state index contributed by atoms with van der Waals surface area (Å²) in [4.78, 5) is 2.57. The monoisotopic (exact) mass is 336 g/mol. The lowest BCUT2D eigenvalue weighted by molar-refractivity contribution is 0.279. The van der Waals surface area contributed by atoms with Gasteiger partial charge in [-0.3, -0.25) is 0 Å². The number of benzene rings is 1. The molecule has 0 radical (unpaired) electrons. The summed E-state index contributed by atoms with van der Waals surface area (Å²) in [6.45, 7) is 8.15. The molecule has 2 fully saturated rings. The van der Waals surface area contributed by atoms with Gasteiger partial charge in [-0.25, -0.2) is 0 Å². The average molecular weight is 337 g/mol. The summed E-state index contributed by atoms with van der Waals surface area (Å²) in [5.74, 6) is 0. The van der Waals surface area contributed by atoms with Crippen molar-refractivity contribution in [3.63, 3.8) is 0 Å². The molecule has 1 aromatic rings. The van der Waals surface area contributed by atoms with Crippen molar-refractivity contribution in [3.8, 4) is 0 Å². The molecule has 1 N–H and O–H groups in total. The van der Waals surface area contributed by atoms with Crippen molar-refractivity contribution in [2.24, 2.45) is 5.41 Å². The molecule has 1 heterocycles. The number of piperidine rings is 1. The molecule has 0 aromatic heterocycles. The quantitative estimate of drug-likeness (QED) is 0.880. The second-order valence-electron chi connectivity index (χ2n) is 7.08. The zero-order valence-electron chi connectivity index (χ0n) is 12.6. The molecule has 20 heavy (non-hydrogen) atoms. The second kappa shape index (κ2) is 5.69. The lowest BCUT2D eigenvalue weighted by Gasteiger charge is -2.39. The lowest BCUT2D eigenvalue weighted by Crippen LogP contribution is -2.38. The van der Waals surface area contributed by atoms with Crippen LogP contribution in [-0.4, -0.2) is 19.1 Å². The highest BCUT2D eigenvalue weighted by Gasteiger charge is 2.27. The zero-order chi connectivity index (χ0) is 14.2. The lowest BCUT2D eigenvalue weighted by atomic mass is 9.82. The normalized spacial score (nSPS) is 22.1. The Morgan fingerprint density at radius 3 is 2.60 bits per heavy atom. The van der Waals surface area contributed by atoms with Gasteiger partial charge in [0.15, 0.2) is 0 Å².